The minimum absolute atomic E-state index is 0. The Morgan fingerprint density at radius 2 is 1.33 bits per heavy atom. The van der Waals surface area contributed by atoms with E-state index in [9.17, 15) is 0 Å². The van der Waals surface area contributed by atoms with E-state index < -0.39 is 9.17 Å². The summed E-state index contributed by atoms with van der Waals surface area (Å²) in [4.78, 5) is 17.0. The summed E-state index contributed by atoms with van der Waals surface area (Å²) in [5, 5.41) is 0. The molecule has 0 N–H and O–H groups in total. The second-order valence-corrected chi connectivity index (χ2v) is 0.750. The van der Waals surface area contributed by atoms with Crippen molar-refractivity contribution in [2.24, 2.45) is 0 Å². The second kappa shape index (κ2) is 9.59. The first-order valence-corrected chi connectivity index (χ1v) is 1.84. The molecule has 0 unspecified atom stereocenters. The van der Waals surface area contributed by atoms with Gasteiger partial charge < -0.3 is 14.1 Å². The van der Waals surface area contributed by atoms with Gasteiger partial charge in [0.1, 0.15) is 0 Å². The summed E-state index contributed by atoms with van der Waals surface area (Å²) in [7, 11) is -3.63. The van der Waals surface area contributed by atoms with Crippen molar-refractivity contribution in [3.8, 4) is 0 Å². The van der Waals surface area contributed by atoms with Crippen molar-refractivity contribution in [2.45, 2.75) is 0 Å². The van der Waals surface area contributed by atoms with Crippen molar-refractivity contribution in [2.75, 3.05) is 0 Å². The molecule has 0 aliphatic heterocycles. The van der Waals surface area contributed by atoms with Crippen molar-refractivity contribution >= 4 is 9.17 Å². The first-order chi connectivity index (χ1) is 1.73. The third-order valence-electron chi connectivity index (χ3n) is 0. The molecule has 0 fully saturated rings. The van der Waals surface area contributed by atoms with Gasteiger partial charge in [-0.3, -0.25) is 0 Å². The van der Waals surface area contributed by atoms with Gasteiger partial charge in [0, 0.05) is 9.17 Å². The molecular weight excluding hydrogens is 147 g/mol. The molecule has 0 amide bonds. The van der Waals surface area contributed by atoms with Crippen molar-refractivity contribution in [1.29, 1.82) is 0 Å². The first kappa shape index (κ1) is 15.7. The van der Waals surface area contributed by atoms with E-state index in [1.807, 2.05) is 0 Å². The average Bonchev–Trinajstić information content (AvgIpc) is 0.811. The van der Waals surface area contributed by atoms with Crippen LogP contribution in [-0.4, -0.2) is 9.17 Å². The Labute approximate surface area is 73.8 Å². The molecule has 0 aromatic rings. The van der Waals surface area contributed by atoms with Crippen LogP contribution in [0.3, 0.4) is 0 Å². The van der Waals surface area contributed by atoms with Gasteiger partial charge in [0.15, 0.2) is 0 Å². The van der Waals surface area contributed by atoms with Gasteiger partial charge in [-0.2, -0.15) is 0 Å². The molecule has 0 saturated carbocycles. The van der Waals surface area contributed by atoms with Crippen LogP contribution in [0.15, 0.2) is 0 Å². The van der Waals surface area contributed by atoms with Gasteiger partial charge in [-0.15, -0.1) is 0 Å². The second-order valence-electron chi connectivity index (χ2n) is 0.250. The maximum Gasteiger partial charge on any atom is 2.00 e. The molecule has 0 spiro atoms. The molecule has 6 heteroatoms. The van der Waals surface area contributed by atoms with Crippen LogP contribution in [0, 0.1) is 0 Å². The largest absolute Gasteiger partial charge is 2.00 e. The molecule has 0 bridgehead atoms. The molecule has 0 saturated heterocycles. The zero-order chi connectivity index (χ0) is 3.58. The number of hydrogen-bond acceptors (Lipinski definition) is 3. The molecule has 6 heavy (non-hydrogen) atoms. The summed E-state index contributed by atoms with van der Waals surface area (Å²) in [5.74, 6) is 0. The molecule has 0 radical (unpaired) electrons. The van der Waals surface area contributed by atoms with E-state index in [0.29, 0.717) is 0 Å². The van der Waals surface area contributed by atoms with E-state index in [2.05, 4.69) is 0 Å². The fraction of sp³-hybridized carbons (Fsp3) is 0. The fourth-order valence-corrected chi connectivity index (χ4v) is 0. The molecule has 0 aliphatic carbocycles. The molecule has 26 valence electrons. The smallest absolute Gasteiger partial charge is 0.672 e. The molecule has 3 nitrogen and oxygen atoms in total. The van der Waals surface area contributed by atoms with Crippen LogP contribution in [0.5, 0.6) is 0 Å². The molecule has 0 atom stereocenters. The Balaban J connectivity index is -0.0000000450. The molecule has 0 rings (SSSR count). The summed E-state index contributed by atoms with van der Waals surface area (Å²) in [6, 6.07) is 0. The van der Waals surface area contributed by atoms with Crippen LogP contribution >= 0.6 is 0 Å². The average molecular weight is 147 g/mol. The molecular formula is NaO3SiTi+. The van der Waals surface area contributed by atoms with Crippen LogP contribution in [0.2, 0.25) is 0 Å². The predicted octanol–water partition coefficient (Wildman–Crippen LogP) is -5.88. The maximum atomic E-state index is 8.52. The van der Waals surface area contributed by atoms with E-state index in [1.165, 1.54) is 0 Å². The summed E-state index contributed by atoms with van der Waals surface area (Å²) in [5.41, 5.74) is 0. The van der Waals surface area contributed by atoms with Crippen LogP contribution < -0.4 is 39.1 Å². The van der Waals surface area contributed by atoms with Crippen LogP contribution in [0.25, 0.3) is 0 Å². The van der Waals surface area contributed by atoms with Crippen LogP contribution in [0.1, 0.15) is 0 Å². The van der Waals surface area contributed by atoms with E-state index in [0.717, 1.165) is 0 Å². The van der Waals surface area contributed by atoms with Gasteiger partial charge in [-0.1, -0.05) is 0 Å². The Bertz CT molecular complexity index is 33.8. The van der Waals surface area contributed by atoms with Crippen LogP contribution in [-0.2, 0) is 26.2 Å². The monoisotopic (exact) mass is 147 g/mol. The normalized spacial score (nSPS) is 4.00. The van der Waals surface area contributed by atoms with Crippen molar-refractivity contribution in [3.05, 3.63) is 0 Å². The SMILES string of the molecule is O=[Si]([O-])[O-].[Na+].[Ti+2]. The standard InChI is InChI=1S/Na.O3Si.Ti/c;1-4(2)3;/q+1;-2;+2. The van der Waals surface area contributed by atoms with E-state index in [1.54, 1.807) is 0 Å². The minimum Gasteiger partial charge on any atom is -0.672 e. The van der Waals surface area contributed by atoms with Gasteiger partial charge >= 0.3 is 51.3 Å². The number of rotatable bonds is 0. The maximum absolute atomic E-state index is 8.52. The molecule has 0 aromatic heterocycles. The Hall–Kier alpha value is 1.33. The summed E-state index contributed by atoms with van der Waals surface area (Å²) in [6.07, 6.45) is 0. The number of hydrogen-bond donors (Lipinski definition) is 0. The van der Waals surface area contributed by atoms with Gasteiger partial charge in [-0.25, -0.2) is 0 Å². The van der Waals surface area contributed by atoms with E-state index in [4.69, 9.17) is 14.1 Å². The molecule has 0 heterocycles. The summed E-state index contributed by atoms with van der Waals surface area (Å²) in [6.45, 7) is 0. The van der Waals surface area contributed by atoms with Crippen molar-refractivity contribution in [3.63, 3.8) is 0 Å². The van der Waals surface area contributed by atoms with E-state index >= 15 is 0 Å². The fourth-order valence-electron chi connectivity index (χ4n) is 0. The van der Waals surface area contributed by atoms with Crippen LogP contribution in [0.4, 0.5) is 0 Å². The van der Waals surface area contributed by atoms with Crippen molar-refractivity contribution in [1.82, 2.24) is 0 Å². The topological polar surface area (TPSA) is 63.2 Å². The predicted molar refractivity (Wildman–Crippen MR) is 6.44 cm³/mol. The first-order valence-electron chi connectivity index (χ1n) is 0.612. The van der Waals surface area contributed by atoms with Gasteiger partial charge in [-0.05, 0) is 0 Å². The van der Waals surface area contributed by atoms with Crippen molar-refractivity contribution < 1.29 is 65.3 Å². The molecule has 0 aromatic carbocycles. The summed E-state index contributed by atoms with van der Waals surface area (Å²) < 4.78 is 8.52. The van der Waals surface area contributed by atoms with E-state index in [-0.39, 0.29) is 51.3 Å². The zero-order valence-corrected chi connectivity index (χ0v) is 7.79. The summed E-state index contributed by atoms with van der Waals surface area (Å²) >= 11 is 0. The van der Waals surface area contributed by atoms with Gasteiger partial charge in [0.25, 0.3) is 0 Å². The van der Waals surface area contributed by atoms with Gasteiger partial charge in [0.05, 0.1) is 0 Å². The zero-order valence-electron chi connectivity index (χ0n) is 3.22. The Morgan fingerprint density at radius 3 is 1.33 bits per heavy atom. The van der Waals surface area contributed by atoms with Gasteiger partial charge in [0.2, 0.25) is 0 Å². The quantitative estimate of drug-likeness (QED) is 0.320. The Morgan fingerprint density at radius 1 is 1.33 bits per heavy atom. The Kier molecular flexibility index (Phi) is 25.0. The minimum atomic E-state index is -3.63. The third-order valence-corrected chi connectivity index (χ3v) is 0. The molecule has 0 aliphatic rings. The third kappa shape index (κ3) is 56.4.